The number of anilines is 1. The standard InChI is InChI=1S/C50H34N4O/c55-47-24-8-5-18-43(47)50-52-49-40(20-10-23-46(49)54(50)37-26-25-32-12-1-2-13-34(32)29-37)36-28-35(39-19-9-14-33-15-11-27-51-48(33)39)30-38(31-36)53-44-21-6-3-16-41(44)42-17-4-7-22-45(42)53/h1-31,40,49,55H. The molecule has 11 rings (SSSR count). The van der Waals surface area contributed by atoms with Crippen molar-refractivity contribution in [3.05, 3.63) is 205 Å². The van der Waals surface area contributed by atoms with E-state index >= 15 is 0 Å². The molecule has 0 saturated carbocycles. The maximum atomic E-state index is 11.2. The second kappa shape index (κ2) is 12.4. The number of aliphatic imine (C=N–C) groups is 1. The number of fused-ring (bicyclic) bond motifs is 6. The minimum absolute atomic E-state index is 0.0963. The summed E-state index contributed by atoms with van der Waals surface area (Å²) in [5.41, 5.74) is 10.5. The Hall–Kier alpha value is -7.24. The molecule has 0 bridgehead atoms. The number of rotatable bonds is 5. The van der Waals surface area contributed by atoms with Gasteiger partial charge in [0.05, 0.1) is 27.8 Å². The van der Waals surface area contributed by atoms with E-state index in [-0.39, 0.29) is 17.7 Å². The third kappa shape index (κ3) is 5.01. The second-order valence-electron chi connectivity index (χ2n) is 14.3. The predicted octanol–water partition coefficient (Wildman–Crippen LogP) is 11.7. The molecule has 2 aliphatic rings. The summed E-state index contributed by atoms with van der Waals surface area (Å²) < 4.78 is 2.40. The molecule has 2 atom stereocenters. The lowest BCUT2D eigenvalue weighted by Gasteiger charge is -2.29. The van der Waals surface area contributed by atoms with Gasteiger partial charge in [0, 0.05) is 45.2 Å². The number of aromatic hydroxyl groups is 1. The normalized spacial score (nSPS) is 16.5. The minimum atomic E-state index is -0.238. The van der Waals surface area contributed by atoms with Gasteiger partial charge >= 0.3 is 0 Å². The van der Waals surface area contributed by atoms with Crippen molar-refractivity contribution in [2.24, 2.45) is 4.99 Å². The molecule has 260 valence electrons. The topological polar surface area (TPSA) is 53.7 Å². The Morgan fingerprint density at radius 2 is 1.27 bits per heavy atom. The first-order valence-corrected chi connectivity index (χ1v) is 18.7. The van der Waals surface area contributed by atoms with Crippen LogP contribution in [0.4, 0.5) is 5.69 Å². The number of nitrogens with zero attached hydrogens (tertiary/aromatic N) is 4. The lowest BCUT2D eigenvalue weighted by molar-refractivity contribution is 0.474. The summed E-state index contributed by atoms with van der Waals surface area (Å²) in [5, 5.41) is 17.1. The Bertz CT molecular complexity index is 3040. The molecule has 1 aliphatic carbocycles. The highest BCUT2D eigenvalue weighted by Crippen LogP contribution is 2.44. The molecule has 1 aliphatic heterocycles. The van der Waals surface area contributed by atoms with Crippen LogP contribution in [0, 0.1) is 0 Å². The molecule has 3 heterocycles. The molecule has 0 saturated heterocycles. The van der Waals surface area contributed by atoms with Crippen LogP contribution in [-0.4, -0.2) is 26.5 Å². The molecule has 2 aromatic heterocycles. The van der Waals surface area contributed by atoms with Gasteiger partial charge in [-0.05, 0) is 82.6 Å². The number of hydrogen-bond acceptors (Lipinski definition) is 4. The monoisotopic (exact) mass is 706 g/mol. The van der Waals surface area contributed by atoms with Gasteiger partial charge in [-0.3, -0.25) is 14.9 Å². The van der Waals surface area contributed by atoms with E-state index in [9.17, 15) is 5.11 Å². The van der Waals surface area contributed by atoms with Crippen LogP contribution < -0.4 is 4.90 Å². The van der Waals surface area contributed by atoms with E-state index in [1.54, 1.807) is 6.07 Å². The highest BCUT2D eigenvalue weighted by Gasteiger charge is 2.39. The minimum Gasteiger partial charge on any atom is -0.507 e. The summed E-state index contributed by atoms with van der Waals surface area (Å²) in [4.78, 5) is 12.6. The number of pyridine rings is 1. The van der Waals surface area contributed by atoms with Crippen molar-refractivity contribution in [1.82, 2.24) is 9.55 Å². The third-order valence-electron chi connectivity index (χ3n) is 11.2. The molecule has 2 unspecified atom stereocenters. The van der Waals surface area contributed by atoms with Crippen molar-refractivity contribution in [1.29, 1.82) is 0 Å². The quantitative estimate of drug-likeness (QED) is 0.194. The Kier molecular flexibility index (Phi) is 7.07. The molecular weight excluding hydrogens is 673 g/mol. The molecule has 0 spiro atoms. The van der Waals surface area contributed by atoms with Crippen LogP contribution in [0.2, 0.25) is 0 Å². The van der Waals surface area contributed by atoms with Gasteiger partial charge in [-0.1, -0.05) is 121 Å². The first-order valence-electron chi connectivity index (χ1n) is 18.7. The molecule has 0 radical (unpaired) electrons. The molecule has 5 nitrogen and oxygen atoms in total. The zero-order valence-corrected chi connectivity index (χ0v) is 29.8. The van der Waals surface area contributed by atoms with Gasteiger partial charge in [0.25, 0.3) is 0 Å². The van der Waals surface area contributed by atoms with Crippen LogP contribution in [0.5, 0.6) is 5.75 Å². The van der Waals surface area contributed by atoms with E-state index in [1.807, 2.05) is 30.5 Å². The van der Waals surface area contributed by atoms with Gasteiger partial charge in [0.2, 0.25) is 0 Å². The lowest BCUT2D eigenvalue weighted by atomic mass is 9.84. The van der Waals surface area contributed by atoms with Crippen molar-refractivity contribution in [2.75, 3.05) is 4.90 Å². The van der Waals surface area contributed by atoms with Crippen LogP contribution in [0.15, 0.2) is 199 Å². The summed E-state index contributed by atoms with van der Waals surface area (Å²) >= 11 is 0. The van der Waals surface area contributed by atoms with Crippen LogP contribution in [-0.2, 0) is 0 Å². The molecule has 1 N–H and O–H groups in total. The summed E-state index contributed by atoms with van der Waals surface area (Å²) in [7, 11) is 0. The van der Waals surface area contributed by atoms with Crippen molar-refractivity contribution in [3.8, 4) is 22.6 Å². The number of phenolic OH excluding ortho intramolecular Hbond substituents is 1. The largest absolute Gasteiger partial charge is 0.507 e. The van der Waals surface area contributed by atoms with Crippen molar-refractivity contribution in [3.63, 3.8) is 0 Å². The fourth-order valence-electron chi connectivity index (χ4n) is 8.71. The van der Waals surface area contributed by atoms with Gasteiger partial charge in [-0.15, -0.1) is 0 Å². The Balaban J connectivity index is 1.14. The predicted molar refractivity (Wildman–Crippen MR) is 226 cm³/mol. The maximum Gasteiger partial charge on any atom is 0.144 e. The molecular formula is C50H34N4O. The van der Waals surface area contributed by atoms with Crippen LogP contribution >= 0.6 is 0 Å². The number of benzene rings is 7. The smallest absolute Gasteiger partial charge is 0.144 e. The molecule has 0 amide bonds. The zero-order chi connectivity index (χ0) is 36.5. The number of phenols is 1. The van der Waals surface area contributed by atoms with Crippen LogP contribution in [0.25, 0.3) is 60.3 Å². The fraction of sp³-hybridized carbons (Fsp3) is 0.0400. The van der Waals surface area contributed by atoms with E-state index in [2.05, 4.69) is 161 Å². The van der Waals surface area contributed by atoms with E-state index in [4.69, 9.17) is 9.98 Å². The van der Waals surface area contributed by atoms with Gasteiger partial charge < -0.3 is 9.67 Å². The molecule has 7 aromatic carbocycles. The summed E-state index contributed by atoms with van der Waals surface area (Å²) in [6.07, 6.45) is 8.50. The Labute approximate surface area is 318 Å². The highest BCUT2D eigenvalue weighted by atomic mass is 16.3. The van der Waals surface area contributed by atoms with Crippen LogP contribution in [0.3, 0.4) is 0 Å². The zero-order valence-electron chi connectivity index (χ0n) is 29.8. The first-order chi connectivity index (χ1) is 27.2. The van der Waals surface area contributed by atoms with E-state index in [0.29, 0.717) is 5.56 Å². The third-order valence-corrected chi connectivity index (χ3v) is 11.2. The average Bonchev–Trinajstić information content (AvgIpc) is 3.80. The lowest BCUT2D eigenvalue weighted by Crippen LogP contribution is -2.30. The SMILES string of the molecule is Oc1ccccc1C1=NC2C(=CC=CC2c2cc(-c3cccc4cccnc34)cc(-n3c4ccccc4c4ccccc43)c2)N1c1ccc2ccccc2c1. The maximum absolute atomic E-state index is 11.2. The molecule has 9 aromatic rings. The van der Waals surface area contributed by atoms with Crippen LogP contribution in [0.1, 0.15) is 17.0 Å². The van der Waals surface area contributed by atoms with E-state index in [1.165, 1.54) is 16.2 Å². The fourth-order valence-corrected chi connectivity index (χ4v) is 8.71. The van der Waals surface area contributed by atoms with Crippen molar-refractivity contribution >= 4 is 55.0 Å². The molecule has 55 heavy (non-hydrogen) atoms. The number of amidine groups is 1. The Morgan fingerprint density at radius 3 is 2.11 bits per heavy atom. The van der Waals surface area contributed by atoms with E-state index < -0.39 is 0 Å². The number of para-hydroxylation sites is 4. The number of aromatic nitrogens is 2. The number of allylic oxidation sites excluding steroid dienone is 2. The van der Waals surface area contributed by atoms with Gasteiger partial charge in [0.15, 0.2) is 0 Å². The second-order valence-corrected chi connectivity index (χ2v) is 14.3. The first kappa shape index (κ1) is 31.3. The molecule has 0 fully saturated rings. The van der Waals surface area contributed by atoms with Gasteiger partial charge in [-0.25, -0.2) is 0 Å². The van der Waals surface area contributed by atoms with Crippen molar-refractivity contribution < 1.29 is 5.11 Å². The van der Waals surface area contributed by atoms with Gasteiger partial charge in [-0.2, -0.15) is 0 Å². The summed E-state index contributed by atoms with van der Waals surface area (Å²) in [5.74, 6) is 0.839. The summed E-state index contributed by atoms with van der Waals surface area (Å²) in [6.45, 7) is 0. The summed E-state index contributed by atoms with van der Waals surface area (Å²) in [6, 6.07) is 57.1. The molecule has 5 heteroatoms. The van der Waals surface area contributed by atoms with Crippen molar-refractivity contribution in [2.45, 2.75) is 12.0 Å². The van der Waals surface area contributed by atoms with Gasteiger partial charge in [0.1, 0.15) is 17.6 Å². The highest BCUT2D eigenvalue weighted by molar-refractivity contribution is 6.16. The van der Waals surface area contributed by atoms with E-state index in [0.717, 1.165) is 66.9 Å². The average molecular weight is 707 g/mol. The Morgan fingerprint density at radius 1 is 0.564 bits per heavy atom. The number of hydrogen-bond donors (Lipinski definition) is 1.